The summed E-state index contributed by atoms with van der Waals surface area (Å²) in [5.74, 6) is 0.809. The molecule has 1 atom stereocenters. The molecule has 2 fully saturated rings. The third-order valence-corrected chi connectivity index (χ3v) is 5.21. The number of rotatable bonds is 3. The van der Waals surface area contributed by atoms with E-state index in [2.05, 4.69) is 16.0 Å². The largest absolute Gasteiger partial charge is 0.352 e. The van der Waals surface area contributed by atoms with E-state index in [9.17, 15) is 14.9 Å². The Morgan fingerprint density at radius 1 is 1.23 bits per heavy atom. The molecule has 2 aliphatic heterocycles. The highest BCUT2D eigenvalue weighted by atomic mass is 16.2. The molecule has 7 heteroatoms. The van der Waals surface area contributed by atoms with Gasteiger partial charge in [-0.25, -0.2) is 4.98 Å². The lowest BCUT2D eigenvalue weighted by Gasteiger charge is -2.41. The van der Waals surface area contributed by atoms with E-state index in [-0.39, 0.29) is 17.9 Å². The van der Waals surface area contributed by atoms with Gasteiger partial charge in [-0.2, -0.15) is 5.26 Å². The number of carbonyl (C=O) groups is 2. The van der Waals surface area contributed by atoms with Crippen LogP contribution in [0.25, 0.3) is 0 Å². The average molecular weight is 355 g/mol. The van der Waals surface area contributed by atoms with Crippen LogP contribution in [0.4, 0.5) is 5.82 Å². The highest BCUT2D eigenvalue weighted by molar-refractivity contribution is 5.88. The van der Waals surface area contributed by atoms with Crippen molar-refractivity contribution >= 4 is 17.6 Å². The molecule has 0 bridgehead atoms. The topological polar surface area (TPSA) is 80.5 Å². The summed E-state index contributed by atoms with van der Waals surface area (Å²) in [5.41, 5.74) is 0.555. The first kappa shape index (κ1) is 18.2. The van der Waals surface area contributed by atoms with Gasteiger partial charge in [0.2, 0.25) is 11.8 Å². The van der Waals surface area contributed by atoms with Crippen molar-refractivity contribution < 1.29 is 9.59 Å². The number of hydrogen-bond acceptors (Lipinski definition) is 5. The number of nitrogens with zero attached hydrogens (tertiary/aromatic N) is 5. The molecule has 3 heterocycles. The number of amides is 2. The molecular formula is C19H25N5O2. The molecule has 3 rings (SSSR count). The lowest BCUT2D eigenvalue weighted by molar-refractivity contribution is -0.147. The molecule has 0 spiro atoms. The average Bonchev–Trinajstić information content (AvgIpc) is 2.72. The van der Waals surface area contributed by atoms with Crippen molar-refractivity contribution in [1.29, 1.82) is 5.26 Å². The molecule has 138 valence electrons. The van der Waals surface area contributed by atoms with E-state index in [0.717, 1.165) is 19.3 Å². The van der Waals surface area contributed by atoms with Crippen LogP contribution < -0.4 is 4.90 Å². The van der Waals surface area contributed by atoms with E-state index in [1.807, 2.05) is 11.8 Å². The van der Waals surface area contributed by atoms with Crippen molar-refractivity contribution in [2.75, 3.05) is 37.6 Å². The van der Waals surface area contributed by atoms with Crippen molar-refractivity contribution in [3.05, 3.63) is 23.9 Å². The van der Waals surface area contributed by atoms with E-state index >= 15 is 0 Å². The van der Waals surface area contributed by atoms with Gasteiger partial charge in [0.25, 0.3) is 0 Å². The molecule has 0 radical (unpaired) electrons. The molecule has 26 heavy (non-hydrogen) atoms. The van der Waals surface area contributed by atoms with E-state index in [4.69, 9.17) is 0 Å². The molecule has 1 unspecified atom stereocenters. The molecule has 2 saturated heterocycles. The predicted molar refractivity (Wildman–Crippen MR) is 97.4 cm³/mol. The number of pyridine rings is 1. The molecular weight excluding hydrogens is 330 g/mol. The Bertz CT molecular complexity index is 706. The smallest absolute Gasteiger partial charge is 0.245 e. The van der Waals surface area contributed by atoms with Crippen LogP contribution in [0.15, 0.2) is 18.3 Å². The summed E-state index contributed by atoms with van der Waals surface area (Å²) in [6.07, 6.45) is 4.84. The second-order valence-corrected chi connectivity index (χ2v) is 6.75. The van der Waals surface area contributed by atoms with Crippen molar-refractivity contribution in [1.82, 2.24) is 14.8 Å². The van der Waals surface area contributed by atoms with Crippen LogP contribution >= 0.6 is 0 Å². The highest BCUT2D eigenvalue weighted by Crippen LogP contribution is 2.22. The van der Waals surface area contributed by atoms with Crippen LogP contribution in [-0.2, 0) is 9.59 Å². The van der Waals surface area contributed by atoms with Gasteiger partial charge in [-0.05, 0) is 31.4 Å². The second kappa shape index (κ2) is 8.17. The molecule has 0 N–H and O–H groups in total. The number of anilines is 1. The third kappa shape index (κ3) is 3.64. The highest BCUT2D eigenvalue weighted by Gasteiger charge is 2.35. The Balaban J connectivity index is 1.65. The maximum atomic E-state index is 13.0. The number of hydrogen-bond donors (Lipinski definition) is 0. The molecule has 7 nitrogen and oxygen atoms in total. The van der Waals surface area contributed by atoms with Crippen LogP contribution in [0.2, 0.25) is 0 Å². The standard InChI is InChI=1S/C19H25N5O2/c1-2-17(25)24-9-4-3-7-16(24)19(26)23-12-10-22(11-13-23)18-15(14-20)6-5-8-21-18/h5-6,8,16H,2-4,7,9-13H2,1H3. The van der Waals surface area contributed by atoms with Gasteiger partial charge in [-0.1, -0.05) is 6.92 Å². The summed E-state index contributed by atoms with van der Waals surface area (Å²) >= 11 is 0. The van der Waals surface area contributed by atoms with E-state index in [1.54, 1.807) is 23.2 Å². The lowest BCUT2D eigenvalue weighted by Crippen LogP contribution is -2.57. The summed E-state index contributed by atoms with van der Waals surface area (Å²) in [6, 6.07) is 5.38. The first-order chi connectivity index (χ1) is 12.7. The van der Waals surface area contributed by atoms with E-state index < -0.39 is 0 Å². The van der Waals surface area contributed by atoms with Crippen molar-refractivity contribution in [3.63, 3.8) is 0 Å². The fraction of sp³-hybridized carbons (Fsp3) is 0.579. The van der Waals surface area contributed by atoms with Gasteiger partial charge >= 0.3 is 0 Å². The summed E-state index contributed by atoms with van der Waals surface area (Å²) in [6.45, 7) is 4.99. The van der Waals surface area contributed by atoms with Gasteiger partial charge < -0.3 is 14.7 Å². The van der Waals surface area contributed by atoms with Crippen LogP contribution in [0, 0.1) is 11.3 Å². The molecule has 0 saturated carbocycles. The fourth-order valence-electron chi connectivity index (χ4n) is 3.78. The zero-order valence-corrected chi connectivity index (χ0v) is 15.2. The van der Waals surface area contributed by atoms with Gasteiger partial charge in [0.1, 0.15) is 17.9 Å². The van der Waals surface area contributed by atoms with Gasteiger partial charge in [0, 0.05) is 45.3 Å². The monoisotopic (exact) mass is 355 g/mol. The predicted octanol–water partition coefficient (Wildman–Crippen LogP) is 1.39. The maximum absolute atomic E-state index is 13.0. The Labute approximate surface area is 154 Å². The second-order valence-electron chi connectivity index (χ2n) is 6.75. The number of piperazine rings is 1. The summed E-state index contributed by atoms with van der Waals surface area (Å²) < 4.78 is 0. The Morgan fingerprint density at radius 3 is 2.69 bits per heavy atom. The normalized spacial score (nSPS) is 20.6. The molecule has 2 amide bonds. The number of piperidine rings is 1. The SMILES string of the molecule is CCC(=O)N1CCCCC1C(=O)N1CCN(c2ncccc2C#N)CC1. The first-order valence-electron chi connectivity index (χ1n) is 9.34. The number of aromatic nitrogens is 1. The first-order valence-corrected chi connectivity index (χ1v) is 9.34. The van der Waals surface area contributed by atoms with Crippen molar-refractivity contribution in [3.8, 4) is 6.07 Å². The van der Waals surface area contributed by atoms with Crippen molar-refractivity contribution in [2.45, 2.75) is 38.6 Å². The van der Waals surface area contributed by atoms with Crippen LogP contribution in [-0.4, -0.2) is 65.4 Å². The minimum absolute atomic E-state index is 0.0627. The van der Waals surface area contributed by atoms with Gasteiger partial charge in [-0.3, -0.25) is 9.59 Å². The van der Waals surface area contributed by atoms with Crippen molar-refractivity contribution in [2.24, 2.45) is 0 Å². The maximum Gasteiger partial charge on any atom is 0.245 e. The number of likely N-dealkylation sites (tertiary alicyclic amines) is 1. The minimum atomic E-state index is -0.313. The van der Waals surface area contributed by atoms with Gasteiger partial charge in [0.15, 0.2) is 0 Å². The zero-order chi connectivity index (χ0) is 18.5. The molecule has 0 aliphatic carbocycles. The van der Waals surface area contributed by atoms with Crippen LogP contribution in [0.5, 0.6) is 0 Å². The Hall–Kier alpha value is -2.62. The molecule has 2 aliphatic rings. The summed E-state index contributed by atoms with van der Waals surface area (Å²) in [5, 5.41) is 9.25. The number of nitriles is 1. The molecule has 1 aromatic heterocycles. The number of carbonyl (C=O) groups excluding carboxylic acids is 2. The van der Waals surface area contributed by atoms with Gasteiger partial charge in [-0.15, -0.1) is 0 Å². The molecule has 0 aromatic carbocycles. The third-order valence-electron chi connectivity index (χ3n) is 5.21. The summed E-state index contributed by atoms with van der Waals surface area (Å²) in [4.78, 5) is 35.2. The fourth-order valence-corrected chi connectivity index (χ4v) is 3.78. The molecule has 1 aromatic rings. The lowest BCUT2D eigenvalue weighted by atomic mass is 10.00. The minimum Gasteiger partial charge on any atom is -0.352 e. The van der Waals surface area contributed by atoms with Crippen LogP contribution in [0.1, 0.15) is 38.2 Å². The van der Waals surface area contributed by atoms with Gasteiger partial charge in [0.05, 0.1) is 5.56 Å². The van der Waals surface area contributed by atoms with Crippen LogP contribution in [0.3, 0.4) is 0 Å². The zero-order valence-electron chi connectivity index (χ0n) is 15.2. The Morgan fingerprint density at radius 2 is 2.00 bits per heavy atom. The quantitative estimate of drug-likeness (QED) is 0.819. The van der Waals surface area contributed by atoms with E-state index in [1.165, 1.54) is 0 Å². The summed E-state index contributed by atoms with van der Waals surface area (Å²) in [7, 11) is 0. The van der Waals surface area contributed by atoms with E-state index in [0.29, 0.717) is 50.5 Å². The Kier molecular flexibility index (Phi) is 5.71.